The van der Waals surface area contributed by atoms with E-state index in [0.717, 1.165) is 11.1 Å². The van der Waals surface area contributed by atoms with Gasteiger partial charge in [-0.3, -0.25) is 20.4 Å². The molecule has 0 radical (unpaired) electrons. The van der Waals surface area contributed by atoms with E-state index in [0.29, 0.717) is 40.2 Å². The quantitative estimate of drug-likeness (QED) is 0.328. The van der Waals surface area contributed by atoms with Gasteiger partial charge >= 0.3 is 0 Å². The lowest BCUT2D eigenvalue weighted by atomic mass is 10.1. The number of carbonyl (C=O) groups is 2. The Morgan fingerprint density at radius 3 is 2.47 bits per heavy atom. The molecule has 8 nitrogen and oxygen atoms in total. The predicted octanol–water partition coefficient (Wildman–Crippen LogP) is 5.08. The number of amides is 2. The lowest BCUT2D eigenvalue weighted by Gasteiger charge is -2.11. The number of furan rings is 1. The van der Waals surface area contributed by atoms with Crippen molar-refractivity contribution in [3.8, 4) is 11.5 Å². The standard InChI is InChI=1S/C27H22ClN5O3/c1-16-9-11-18(12-10-16)15-33-25(28)24(17(2)32-33)27(35)31-30-26(34)20-14-22(23-8-5-13-36-23)29-21-7-4-3-6-19(20)21/h3-14H,15H2,1-2H3,(H,30,34)(H,31,35). The molecule has 2 amide bonds. The minimum absolute atomic E-state index is 0.189. The molecule has 0 fully saturated rings. The van der Waals surface area contributed by atoms with Crippen LogP contribution < -0.4 is 10.9 Å². The van der Waals surface area contributed by atoms with Crippen LogP contribution in [0.1, 0.15) is 37.5 Å². The van der Waals surface area contributed by atoms with Crippen LogP contribution in [0, 0.1) is 13.8 Å². The van der Waals surface area contributed by atoms with Crippen LogP contribution in [0.15, 0.2) is 77.4 Å². The third kappa shape index (κ3) is 4.58. The topological polar surface area (TPSA) is 102 Å². The van der Waals surface area contributed by atoms with Gasteiger partial charge in [-0.15, -0.1) is 0 Å². The molecule has 0 bridgehead atoms. The number of para-hydroxylation sites is 1. The second-order valence-corrected chi connectivity index (χ2v) is 8.71. The Balaban J connectivity index is 1.36. The summed E-state index contributed by atoms with van der Waals surface area (Å²) in [6, 6.07) is 20.4. The molecule has 0 atom stereocenters. The van der Waals surface area contributed by atoms with Gasteiger partial charge in [-0.05, 0) is 43.7 Å². The summed E-state index contributed by atoms with van der Waals surface area (Å²) >= 11 is 6.50. The van der Waals surface area contributed by atoms with Crippen molar-refractivity contribution < 1.29 is 14.0 Å². The minimum atomic E-state index is -0.564. The Bertz CT molecular complexity index is 1570. The van der Waals surface area contributed by atoms with Crippen molar-refractivity contribution in [2.24, 2.45) is 0 Å². The fourth-order valence-electron chi connectivity index (χ4n) is 3.94. The number of fused-ring (bicyclic) bond motifs is 1. The Kier molecular flexibility index (Phi) is 6.26. The van der Waals surface area contributed by atoms with E-state index >= 15 is 0 Å². The van der Waals surface area contributed by atoms with E-state index in [-0.39, 0.29) is 10.7 Å². The monoisotopic (exact) mass is 499 g/mol. The smallest absolute Gasteiger partial charge is 0.274 e. The van der Waals surface area contributed by atoms with Crippen LogP contribution in [0.2, 0.25) is 5.15 Å². The molecule has 0 unspecified atom stereocenters. The molecule has 5 aromatic rings. The van der Waals surface area contributed by atoms with Gasteiger partial charge in [0.2, 0.25) is 0 Å². The largest absolute Gasteiger partial charge is 0.463 e. The molecule has 0 aliphatic rings. The minimum Gasteiger partial charge on any atom is -0.463 e. The van der Waals surface area contributed by atoms with Crippen LogP contribution in [0.4, 0.5) is 0 Å². The number of nitrogens with zero attached hydrogens (tertiary/aromatic N) is 3. The maximum absolute atomic E-state index is 13.1. The van der Waals surface area contributed by atoms with E-state index in [1.54, 1.807) is 35.9 Å². The lowest BCUT2D eigenvalue weighted by Crippen LogP contribution is -2.42. The Morgan fingerprint density at radius 1 is 0.972 bits per heavy atom. The number of halogens is 1. The van der Waals surface area contributed by atoms with Crippen LogP contribution in [0.25, 0.3) is 22.4 Å². The maximum Gasteiger partial charge on any atom is 0.274 e. The molecular weight excluding hydrogens is 478 g/mol. The molecule has 36 heavy (non-hydrogen) atoms. The first-order chi connectivity index (χ1) is 17.4. The van der Waals surface area contributed by atoms with Gasteiger partial charge < -0.3 is 4.42 Å². The van der Waals surface area contributed by atoms with Crippen molar-refractivity contribution >= 4 is 34.3 Å². The third-order valence-electron chi connectivity index (χ3n) is 5.77. The molecule has 3 heterocycles. The average Bonchev–Trinajstić information content (AvgIpc) is 3.51. The van der Waals surface area contributed by atoms with E-state index < -0.39 is 11.8 Å². The van der Waals surface area contributed by atoms with Gasteiger partial charge in [0, 0.05) is 5.39 Å². The van der Waals surface area contributed by atoms with Crippen molar-refractivity contribution in [2.45, 2.75) is 20.4 Å². The number of aryl methyl sites for hydroxylation is 2. The fourth-order valence-corrected chi connectivity index (χ4v) is 4.26. The Labute approximate surface area is 211 Å². The number of pyridine rings is 1. The van der Waals surface area contributed by atoms with E-state index in [1.807, 2.05) is 49.4 Å². The molecule has 2 N–H and O–H groups in total. The summed E-state index contributed by atoms with van der Waals surface area (Å²) in [5, 5.41) is 5.24. The second-order valence-electron chi connectivity index (χ2n) is 8.35. The Morgan fingerprint density at radius 2 is 1.72 bits per heavy atom. The normalized spacial score (nSPS) is 11.0. The molecule has 180 valence electrons. The summed E-state index contributed by atoms with van der Waals surface area (Å²) in [5.41, 5.74) is 9.22. The van der Waals surface area contributed by atoms with Crippen LogP contribution in [0.5, 0.6) is 0 Å². The van der Waals surface area contributed by atoms with Crippen LogP contribution in [0.3, 0.4) is 0 Å². The number of hydrazine groups is 1. The van der Waals surface area contributed by atoms with Crippen LogP contribution >= 0.6 is 11.6 Å². The van der Waals surface area contributed by atoms with Gasteiger partial charge in [0.15, 0.2) is 5.76 Å². The maximum atomic E-state index is 13.1. The van der Waals surface area contributed by atoms with Crippen molar-refractivity contribution in [3.63, 3.8) is 0 Å². The van der Waals surface area contributed by atoms with Gasteiger partial charge in [-0.2, -0.15) is 5.10 Å². The molecule has 0 aliphatic heterocycles. The molecule has 0 saturated carbocycles. The molecule has 3 aromatic heterocycles. The molecule has 0 saturated heterocycles. The van der Waals surface area contributed by atoms with E-state index in [9.17, 15) is 9.59 Å². The van der Waals surface area contributed by atoms with Crippen molar-refractivity contribution in [1.29, 1.82) is 0 Å². The first kappa shape index (κ1) is 23.3. The van der Waals surface area contributed by atoms with Gasteiger partial charge in [0.25, 0.3) is 11.8 Å². The van der Waals surface area contributed by atoms with E-state index in [2.05, 4.69) is 20.9 Å². The van der Waals surface area contributed by atoms with E-state index in [4.69, 9.17) is 16.0 Å². The number of nitrogens with one attached hydrogen (secondary N) is 2. The van der Waals surface area contributed by atoms with Crippen molar-refractivity contribution in [2.75, 3.05) is 0 Å². The summed E-state index contributed by atoms with van der Waals surface area (Å²) in [4.78, 5) is 30.7. The van der Waals surface area contributed by atoms with Gasteiger partial charge in [-0.25, -0.2) is 9.67 Å². The lowest BCUT2D eigenvalue weighted by molar-refractivity contribution is 0.0847. The average molecular weight is 500 g/mol. The van der Waals surface area contributed by atoms with Gasteiger partial charge in [-0.1, -0.05) is 59.6 Å². The molecule has 0 spiro atoms. The van der Waals surface area contributed by atoms with E-state index in [1.165, 1.54) is 6.26 Å². The molecule has 5 rings (SSSR count). The number of hydrogen-bond donors (Lipinski definition) is 2. The zero-order valence-electron chi connectivity index (χ0n) is 19.6. The Hall–Kier alpha value is -4.43. The highest BCUT2D eigenvalue weighted by Gasteiger charge is 2.22. The first-order valence-corrected chi connectivity index (χ1v) is 11.6. The van der Waals surface area contributed by atoms with Crippen LogP contribution in [-0.4, -0.2) is 26.6 Å². The number of rotatable bonds is 5. The highest BCUT2D eigenvalue weighted by molar-refractivity contribution is 6.33. The van der Waals surface area contributed by atoms with Crippen molar-refractivity contribution in [3.05, 3.63) is 106 Å². The number of aromatic nitrogens is 3. The summed E-state index contributed by atoms with van der Waals surface area (Å²) < 4.78 is 7.01. The summed E-state index contributed by atoms with van der Waals surface area (Å²) in [7, 11) is 0. The second kappa shape index (κ2) is 9.67. The summed E-state index contributed by atoms with van der Waals surface area (Å²) in [6.07, 6.45) is 1.54. The zero-order chi connectivity index (χ0) is 25.2. The summed E-state index contributed by atoms with van der Waals surface area (Å²) in [6.45, 7) is 4.12. The SMILES string of the molecule is Cc1ccc(Cn2nc(C)c(C(=O)NNC(=O)c3cc(-c4ccco4)nc4ccccc34)c2Cl)cc1. The van der Waals surface area contributed by atoms with Gasteiger partial charge in [0.05, 0.1) is 29.6 Å². The zero-order valence-corrected chi connectivity index (χ0v) is 20.3. The number of hydrogen-bond acceptors (Lipinski definition) is 5. The molecular formula is C27H22ClN5O3. The predicted molar refractivity (Wildman–Crippen MR) is 137 cm³/mol. The first-order valence-electron chi connectivity index (χ1n) is 11.2. The highest BCUT2D eigenvalue weighted by Crippen LogP contribution is 2.25. The summed E-state index contributed by atoms with van der Waals surface area (Å²) in [5.74, 6) is -0.538. The highest BCUT2D eigenvalue weighted by atomic mass is 35.5. The third-order valence-corrected chi connectivity index (χ3v) is 6.15. The molecule has 9 heteroatoms. The number of benzene rings is 2. The van der Waals surface area contributed by atoms with Crippen molar-refractivity contribution in [1.82, 2.24) is 25.6 Å². The van der Waals surface area contributed by atoms with Gasteiger partial charge in [0.1, 0.15) is 16.4 Å². The van der Waals surface area contributed by atoms with Crippen LogP contribution in [-0.2, 0) is 6.54 Å². The molecule has 2 aromatic carbocycles. The molecule has 0 aliphatic carbocycles. The number of carbonyl (C=O) groups excluding carboxylic acids is 2. The fraction of sp³-hybridized carbons (Fsp3) is 0.111.